The van der Waals surface area contributed by atoms with Gasteiger partial charge in [-0.15, -0.1) is 0 Å². The molecule has 2 aliphatic heterocycles. The Morgan fingerprint density at radius 2 is 1.67 bits per heavy atom. The quantitative estimate of drug-likeness (QED) is 0.765. The molecule has 160 valence electrons. The maximum Gasteiger partial charge on any atom is 0.241 e. The average molecular weight is 412 g/mol. The molecule has 1 aromatic carbocycles. The summed E-state index contributed by atoms with van der Waals surface area (Å²) >= 11 is 0. The van der Waals surface area contributed by atoms with Crippen molar-refractivity contribution in [3.8, 4) is 11.4 Å². The monoisotopic (exact) mass is 411 g/mol. The number of benzene rings is 1. The van der Waals surface area contributed by atoms with Crippen molar-refractivity contribution >= 4 is 11.8 Å². The van der Waals surface area contributed by atoms with Gasteiger partial charge in [-0.05, 0) is 19.8 Å². The van der Waals surface area contributed by atoms with E-state index in [1.807, 2.05) is 41.0 Å². The lowest BCUT2D eigenvalue weighted by molar-refractivity contribution is -0.141. The molecule has 0 N–H and O–H groups in total. The van der Waals surface area contributed by atoms with Crippen molar-refractivity contribution in [2.75, 3.05) is 39.3 Å². The first-order chi connectivity index (χ1) is 14.5. The maximum absolute atomic E-state index is 12.8. The van der Waals surface area contributed by atoms with Crippen molar-refractivity contribution in [1.29, 1.82) is 0 Å². The zero-order valence-corrected chi connectivity index (χ0v) is 17.7. The van der Waals surface area contributed by atoms with Crippen LogP contribution in [0.5, 0.6) is 0 Å². The lowest BCUT2D eigenvalue weighted by Gasteiger charge is -2.38. The summed E-state index contributed by atoms with van der Waals surface area (Å²) in [7, 11) is 0. The van der Waals surface area contributed by atoms with E-state index < -0.39 is 0 Å². The van der Waals surface area contributed by atoms with E-state index in [4.69, 9.17) is 4.52 Å². The number of carbonyl (C=O) groups excluding carboxylic acids is 2. The Bertz CT molecular complexity index is 878. The molecule has 8 heteroatoms. The number of hydrogen-bond acceptors (Lipinski definition) is 6. The number of rotatable bonds is 4. The van der Waals surface area contributed by atoms with Gasteiger partial charge in [-0.25, -0.2) is 0 Å². The van der Waals surface area contributed by atoms with Crippen LogP contribution in [0.15, 0.2) is 28.8 Å². The largest absolute Gasteiger partial charge is 0.343 e. The highest BCUT2D eigenvalue weighted by Crippen LogP contribution is 2.21. The second-order valence-corrected chi connectivity index (χ2v) is 8.26. The third-order valence-corrected chi connectivity index (χ3v) is 6.11. The van der Waals surface area contributed by atoms with Gasteiger partial charge in [-0.1, -0.05) is 35.0 Å². The van der Waals surface area contributed by atoms with Crippen LogP contribution in [-0.4, -0.2) is 75.9 Å². The number of piperidine rings is 1. The number of piperazine rings is 1. The summed E-state index contributed by atoms with van der Waals surface area (Å²) in [4.78, 5) is 34.9. The van der Waals surface area contributed by atoms with E-state index in [1.165, 1.54) is 5.56 Å². The second kappa shape index (κ2) is 8.95. The molecule has 1 aromatic heterocycles. The van der Waals surface area contributed by atoms with E-state index in [1.54, 1.807) is 6.92 Å². The van der Waals surface area contributed by atoms with Gasteiger partial charge in [-0.2, -0.15) is 4.98 Å². The minimum atomic E-state index is 0.0418. The minimum absolute atomic E-state index is 0.0418. The highest BCUT2D eigenvalue weighted by atomic mass is 16.5. The predicted molar refractivity (Wildman–Crippen MR) is 111 cm³/mol. The standard InChI is InChI=1S/C22H29N5O3/c1-16-3-5-18(6-4-16)21-23-20(30-24-21)15-25-11-13-27(14-12-25)22(29)19-7-9-26(10-8-19)17(2)28/h3-6,19H,7-15H2,1-2H3. The third kappa shape index (κ3) is 4.70. The van der Waals surface area contributed by atoms with Crippen molar-refractivity contribution in [3.63, 3.8) is 0 Å². The molecule has 0 aliphatic carbocycles. The van der Waals surface area contributed by atoms with Crippen LogP contribution in [0.2, 0.25) is 0 Å². The molecule has 3 heterocycles. The zero-order valence-electron chi connectivity index (χ0n) is 17.7. The number of amides is 2. The lowest BCUT2D eigenvalue weighted by atomic mass is 9.95. The SMILES string of the molecule is CC(=O)N1CCC(C(=O)N2CCN(Cc3nc(-c4ccc(C)cc4)no3)CC2)CC1. The van der Waals surface area contributed by atoms with E-state index in [-0.39, 0.29) is 17.7 Å². The molecule has 4 rings (SSSR count). The maximum atomic E-state index is 12.8. The topological polar surface area (TPSA) is 82.8 Å². The first-order valence-electron chi connectivity index (χ1n) is 10.7. The van der Waals surface area contributed by atoms with Crippen LogP contribution >= 0.6 is 0 Å². The molecule has 0 atom stereocenters. The van der Waals surface area contributed by atoms with Gasteiger partial charge in [0.2, 0.25) is 23.5 Å². The van der Waals surface area contributed by atoms with Crippen LogP contribution in [0.25, 0.3) is 11.4 Å². The Morgan fingerprint density at radius 3 is 2.30 bits per heavy atom. The number of nitrogens with zero attached hydrogens (tertiary/aromatic N) is 5. The lowest BCUT2D eigenvalue weighted by Crippen LogP contribution is -2.51. The smallest absolute Gasteiger partial charge is 0.241 e. The Morgan fingerprint density at radius 1 is 1.00 bits per heavy atom. The summed E-state index contributed by atoms with van der Waals surface area (Å²) < 4.78 is 5.44. The molecule has 0 bridgehead atoms. The second-order valence-electron chi connectivity index (χ2n) is 8.26. The van der Waals surface area contributed by atoms with Gasteiger partial charge >= 0.3 is 0 Å². The molecular weight excluding hydrogens is 382 g/mol. The van der Waals surface area contributed by atoms with E-state index in [2.05, 4.69) is 15.0 Å². The number of likely N-dealkylation sites (tertiary alicyclic amines) is 1. The summed E-state index contributed by atoms with van der Waals surface area (Å²) in [5.41, 5.74) is 2.14. The van der Waals surface area contributed by atoms with Crippen LogP contribution in [0.1, 0.15) is 31.2 Å². The normalized spacial score (nSPS) is 18.6. The zero-order chi connectivity index (χ0) is 21.1. The fourth-order valence-corrected chi connectivity index (χ4v) is 4.16. The molecule has 0 unspecified atom stereocenters. The number of aryl methyl sites for hydroxylation is 1. The summed E-state index contributed by atoms with van der Waals surface area (Å²) in [6, 6.07) is 8.06. The molecule has 8 nitrogen and oxygen atoms in total. The average Bonchev–Trinajstić information content (AvgIpc) is 3.23. The van der Waals surface area contributed by atoms with Gasteiger partial charge in [0.05, 0.1) is 6.54 Å². The fourth-order valence-electron chi connectivity index (χ4n) is 4.16. The summed E-state index contributed by atoms with van der Waals surface area (Å²) in [6.07, 6.45) is 1.53. The molecule has 2 aromatic rings. The first-order valence-corrected chi connectivity index (χ1v) is 10.7. The van der Waals surface area contributed by atoms with Crippen LogP contribution in [-0.2, 0) is 16.1 Å². The van der Waals surface area contributed by atoms with Gasteiger partial charge in [0.25, 0.3) is 0 Å². The molecule has 2 saturated heterocycles. The Labute approximate surface area is 176 Å². The highest BCUT2D eigenvalue weighted by Gasteiger charge is 2.31. The van der Waals surface area contributed by atoms with E-state index in [9.17, 15) is 9.59 Å². The van der Waals surface area contributed by atoms with Gasteiger partial charge in [0.15, 0.2) is 0 Å². The van der Waals surface area contributed by atoms with Crippen LogP contribution < -0.4 is 0 Å². The van der Waals surface area contributed by atoms with Gasteiger partial charge in [0, 0.05) is 57.7 Å². The van der Waals surface area contributed by atoms with Crippen molar-refractivity contribution in [2.45, 2.75) is 33.2 Å². The molecular formula is C22H29N5O3. The highest BCUT2D eigenvalue weighted by molar-refractivity contribution is 5.80. The van der Waals surface area contributed by atoms with Crippen molar-refractivity contribution in [2.24, 2.45) is 5.92 Å². The van der Waals surface area contributed by atoms with Crippen LogP contribution in [0.4, 0.5) is 0 Å². The molecule has 0 spiro atoms. The number of carbonyl (C=O) groups is 2. The van der Waals surface area contributed by atoms with Crippen LogP contribution in [0.3, 0.4) is 0 Å². The van der Waals surface area contributed by atoms with E-state index in [0.29, 0.717) is 44.4 Å². The van der Waals surface area contributed by atoms with Gasteiger partial charge < -0.3 is 14.3 Å². The summed E-state index contributed by atoms with van der Waals surface area (Å²) in [5.74, 6) is 1.58. The van der Waals surface area contributed by atoms with E-state index >= 15 is 0 Å². The molecule has 2 amide bonds. The molecule has 0 saturated carbocycles. The predicted octanol–water partition coefficient (Wildman–Crippen LogP) is 1.95. The Kier molecular flexibility index (Phi) is 6.13. The Hall–Kier alpha value is -2.74. The molecule has 30 heavy (non-hydrogen) atoms. The van der Waals surface area contributed by atoms with Gasteiger partial charge in [-0.3, -0.25) is 14.5 Å². The van der Waals surface area contributed by atoms with Crippen LogP contribution in [0, 0.1) is 12.8 Å². The molecule has 0 radical (unpaired) electrons. The fraction of sp³-hybridized carbons (Fsp3) is 0.545. The molecule has 2 fully saturated rings. The molecule has 2 aliphatic rings. The summed E-state index contributed by atoms with van der Waals surface area (Å²) in [6.45, 7) is 8.62. The number of aromatic nitrogens is 2. The van der Waals surface area contributed by atoms with Crippen molar-refractivity contribution in [3.05, 3.63) is 35.7 Å². The minimum Gasteiger partial charge on any atom is -0.343 e. The Balaban J connectivity index is 1.25. The van der Waals surface area contributed by atoms with Gasteiger partial charge in [0.1, 0.15) is 0 Å². The van der Waals surface area contributed by atoms with Crippen molar-refractivity contribution < 1.29 is 14.1 Å². The third-order valence-electron chi connectivity index (χ3n) is 6.11. The first kappa shape index (κ1) is 20.5. The summed E-state index contributed by atoms with van der Waals surface area (Å²) in [5, 5.41) is 4.10. The van der Waals surface area contributed by atoms with Crippen molar-refractivity contribution in [1.82, 2.24) is 24.8 Å². The number of hydrogen-bond donors (Lipinski definition) is 0. The van der Waals surface area contributed by atoms with E-state index in [0.717, 1.165) is 31.5 Å².